The number of hydrogen-bond acceptors (Lipinski definition) is 2. The van der Waals surface area contributed by atoms with Gasteiger partial charge in [0.1, 0.15) is 0 Å². The first-order valence-corrected chi connectivity index (χ1v) is 5.41. The summed E-state index contributed by atoms with van der Waals surface area (Å²) in [6.45, 7) is 2.18. The molecule has 1 aliphatic rings. The number of nitrogen functional groups attached to an aromatic ring is 1. The maximum atomic E-state index is 5.95. The Labute approximate surface area is 89.4 Å². The molecule has 0 atom stereocenters. The molecular weight excluding hydrogens is 196 g/mol. The van der Waals surface area contributed by atoms with Crippen molar-refractivity contribution in [2.75, 3.05) is 18.8 Å². The molecule has 1 saturated heterocycles. The molecule has 0 aromatic heterocycles. The van der Waals surface area contributed by atoms with Crippen LogP contribution in [0, 0.1) is 0 Å². The minimum Gasteiger partial charge on any atom is -0.398 e. The molecule has 3 N–H and O–H groups in total. The Morgan fingerprint density at radius 3 is 2.64 bits per heavy atom. The Morgan fingerprint density at radius 1 is 1.29 bits per heavy atom. The first kappa shape index (κ1) is 9.81. The quantitative estimate of drug-likeness (QED) is 0.699. The SMILES string of the molecule is Nc1cc(Cl)ccc1C1CCNCC1. The van der Waals surface area contributed by atoms with Gasteiger partial charge in [0, 0.05) is 10.7 Å². The number of anilines is 1. The lowest BCUT2D eigenvalue weighted by Gasteiger charge is -2.24. The van der Waals surface area contributed by atoms with E-state index in [0.29, 0.717) is 5.92 Å². The fourth-order valence-electron chi connectivity index (χ4n) is 2.05. The van der Waals surface area contributed by atoms with Crippen molar-refractivity contribution in [1.29, 1.82) is 0 Å². The molecule has 2 nitrogen and oxygen atoms in total. The molecule has 14 heavy (non-hydrogen) atoms. The largest absolute Gasteiger partial charge is 0.398 e. The van der Waals surface area contributed by atoms with E-state index in [1.54, 1.807) is 0 Å². The third-order valence-electron chi connectivity index (χ3n) is 2.83. The summed E-state index contributed by atoms with van der Waals surface area (Å²) >= 11 is 5.86. The number of piperidine rings is 1. The van der Waals surface area contributed by atoms with Gasteiger partial charge in [0.05, 0.1) is 0 Å². The second-order valence-electron chi connectivity index (χ2n) is 3.80. The zero-order valence-electron chi connectivity index (χ0n) is 8.09. The summed E-state index contributed by atoms with van der Waals surface area (Å²) in [7, 11) is 0. The van der Waals surface area contributed by atoms with Crippen molar-refractivity contribution in [3.8, 4) is 0 Å². The van der Waals surface area contributed by atoms with Gasteiger partial charge in [-0.1, -0.05) is 17.7 Å². The molecular formula is C11H15ClN2. The van der Waals surface area contributed by atoms with Crippen LogP contribution in [-0.4, -0.2) is 13.1 Å². The number of benzene rings is 1. The topological polar surface area (TPSA) is 38.0 Å². The molecule has 76 valence electrons. The Bertz CT molecular complexity index is 319. The smallest absolute Gasteiger partial charge is 0.0426 e. The number of halogens is 1. The highest BCUT2D eigenvalue weighted by atomic mass is 35.5. The Hall–Kier alpha value is -0.730. The second-order valence-corrected chi connectivity index (χ2v) is 4.23. The van der Waals surface area contributed by atoms with Gasteiger partial charge in [-0.25, -0.2) is 0 Å². The lowest BCUT2D eigenvalue weighted by molar-refractivity contribution is 0.461. The monoisotopic (exact) mass is 210 g/mol. The summed E-state index contributed by atoms with van der Waals surface area (Å²) in [5.74, 6) is 0.605. The summed E-state index contributed by atoms with van der Waals surface area (Å²) in [5, 5.41) is 4.07. The fraction of sp³-hybridized carbons (Fsp3) is 0.455. The fourth-order valence-corrected chi connectivity index (χ4v) is 2.23. The number of hydrogen-bond donors (Lipinski definition) is 2. The van der Waals surface area contributed by atoms with E-state index in [9.17, 15) is 0 Å². The standard InChI is InChI=1S/C11H15ClN2/c12-9-1-2-10(11(13)7-9)8-3-5-14-6-4-8/h1-2,7-8,14H,3-6,13H2. The highest BCUT2D eigenvalue weighted by molar-refractivity contribution is 6.30. The summed E-state index contributed by atoms with van der Waals surface area (Å²) in [4.78, 5) is 0. The van der Waals surface area contributed by atoms with Gasteiger partial charge in [0.15, 0.2) is 0 Å². The molecule has 1 fully saturated rings. The molecule has 0 saturated carbocycles. The summed E-state index contributed by atoms with van der Waals surface area (Å²) < 4.78 is 0. The number of nitrogens with two attached hydrogens (primary N) is 1. The minimum atomic E-state index is 0.605. The molecule has 1 aromatic rings. The van der Waals surface area contributed by atoms with Crippen LogP contribution in [0.5, 0.6) is 0 Å². The predicted octanol–water partition coefficient (Wildman–Crippen LogP) is 2.39. The van der Waals surface area contributed by atoms with E-state index in [-0.39, 0.29) is 0 Å². The lowest BCUT2D eigenvalue weighted by Crippen LogP contribution is -2.26. The molecule has 0 aliphatic carbocycles. The van der Waals surface area contributed by atoms with E-state index >= 15 is 0 Å². The van der Waals surface area contributed by atoms with E-state index in [4.69, 9.17) is 17.3 Å². The Balaban J connectivity index is 2.22. The zero-order valence-corrected chi connectivity index (χ0v) is 8.85. The summed E-state index contributed by atoms with van der Waals surface area (Å²) in [6.07, 6.45) is 2.34. The lowest BCUT2D eigenvalue weighted by atomic mass is 9.89. The molecule has 0 radical (unpaired) electrons. The van der Waals surface area contributed by atoms with Crippen molar-refractivity contribution in [3.05, 3.63) is 28.8 Å². The zero-order chi connectivity index (χ0) is 9.97. The van der Waals surface area contributed by atoms with Crippen molar-refractivity contribution in [1.82, 2.24) is 5.32 Å². The molecule has 0 amide bonds. The number of nitrogens with one attached hydrogen (secondary N) is 1. The molecule has 1 aliphatic heterocycles. The van der Waals surface area contributed by atoms with Crippen molar-refractivity contribution in [2.24, 2.45) is 0 Å². The average molecular weight is 211 g/mol. The van der Waals surface area contributed by atoms with Crippen LogP contribution >= 0.6 is 11.6 Å². The van der Waals surface area contributed by atoms with E-state index in [0.717, 1.165) is 23.8 Å². The summed E-state index contributed by atoms with van der Waals surface area (Å²) in [5.41, 5.74) is 8.04. The second kappa shape index (κ2) is 4.20. The average Bonchev–Trinajstić information content (AvgIpc) is 2.19. The maximum Gasteiger partial charge on any atom is 0.0426 e. The van der Waals surface area contributed by atoms with E-state index in [2.05, 4.69) is 11.4 Å². The van der Waals surface area contributed by atoms with Gasteiger partial charge in [-0.05, 0) is 49.5 Å². The first-order valence-electron chi connectivity index (χ1n) is 5.03. The third kappa shape index (κ3) is 2.02. The van der Waals surface area contributed by atoms with Crippen LogP contribution in [-0.2, 0) is 0 Å². The minimum absolute atomic E-state index is 0.605. The molecule has 1 heterocycles. The summed E-state index contributed by atoms with van der Waals surface area (Å²) in [6, 6.07) is 5.84. The van der Waals surface area contributed by atoms with Crippen LogP contribution in [0.15, 0.2) is 18.2 Å². The molecule has 2 rings (SSSR count). The molecule has 0 spiro atoms. The number of rotatable bonds is 1. The van der Waals surface area contributed by atoms with Crippen molar-refractivity contribution in [3.63, 3.8) is 0 Å². The molecule has 0 unspecified atom stereocenters. The van der Waals surface area contributed by atoms with Crippen LogP contribution < -0.4 is 11.1 Å². The highest BCUT2D eigenvalue weighted by Crippen LogP contribution is 2.31. The van der Waals surface area contributed by atoms with Crippen LogP contribution in [0.3, 0.4) is 0 Å². The van der Waals surface area contributed by atoms with Crippen molar-refractivity contribution < 1.29 is 0 Å². The van der Waals surface area contributed by atoms with Gasteiger partial charge in [-0.2, -0.15) is 0 Å². The van der Waals surface area contributed by atoms with Gasteiger partial charge in [0.25, 0.3) is 0 Å². The normalized spacial score (nSPS) is 18.4. The van der Waals surface area contributed by atoms with Crippen LogP contribution in [0.1, 0.15) is 24.3 Å². The highest BCUT2D eigenvalue weighted by Gasteiger charge is 2.17. The van der Waals surface area contributed by atoms with Crippen LogP contribution in [0.2, 0.25) is 5.02 Å². The Morgan fingerprint density at radius 2 is 2.00 bits per heavy atom. The first-order chi connectivity index (χ1) is 6.77. The van der Waals surface area contributed by atoms with Gasteiger partial charge in [-0.15, -0.1) is 0 Å². The third-order valence-corrected chi connectivity index (χ3v) is 3.06. The van der Waals surface area contributed by atoms with Gasteiger partial charge in [0.2, 0.25) is 0 Å². The van der Waals surface area contributed by atoms with Gasteiger partial charge in [-0.3, -0.25) is 0 Å². The van der Waals surface area contributed by atoms with Crippen molar-refractivity contribution in [2.45, 2.75) is 18.8 Å². The van der Waals surface area contributed by atoms with E-state index < -0.39 is 0 Å². The maximum absolute atomic E-state index is 5.95. The molecule has 0 bridgehead atoms. The van der Waals surface area contributed by atoms with Crippen LogP contribution in [0.4, 0.5) is 5.69 Å². The van der Waals surface area contributed by atoms with Crippen LogP contribution in [0.25, 0.3) is 0 Å². The molecule has 1 aromatic carbocycles. The Kier molecular flexibility index (Phi) is 2.94. The predicted molar refractivity (Wildman–Crippen MR) is 60.7 cm³/mol. The van der Waals surface area contributed by atoms with Crippen molar-refractivity contribution >= 4 is 17.3 Å². The van der Waals surface area contributed by atoms with Gasteiger partial charge < -0.3 is 11.1 Å². The van der Waals surface area contributed by atoms with E-state index in [1.165, 1.54) is 18.4 Å². The van der Waals surface area contributed by atoms with Gasteiger partial charge >= 0.3 is 0 Å². The molecule has 3 heteroatoms. The van der Waals surface area contributed by atoms with E-state index in [1.807, 2.05) is 12.1 Å².